The second-order valence-corrected chi connectivity index (χ2v) is 7.26. The summed E-state index contributed by atoms with van der Waals surface area (Å²) in [4.78, 5) is 16.5. The Morgan fingerprint density at radius 3 is 2.62 bits per heavy atom. The minimum Gasteiger partial charge on any atom is -0.394 e. The van der Waals surface area contributed by atoms with Gasteiger partial charge in [0.15, 0.2) is 0 Å². The third-order valence-corrected chi connectivity index (χ3v) is 4.66. The number of aromatic nitrogens is 2. The molecule has 2 atom stereocenters. The number of hydrogen-bond donors (Lipinski definition) is 2. The molecule has 2 N–H and O–H groups in total. The van der Waals surface area contributed by atoms with Crippen LogP contribution in [0.3, 0.4) is 0 Å². The van der Waals surface area contributed by atoms with Crippen LogP contribution in [-0.4, -0.2) is 78.0 Å². The third-order valence-electron chi connectivity index (χ3n) is 4.66. The van der Waals surface area contributed by atoms with Crippen molar-refractivity contribution >= 4 is 18.6 Å². The van der Waals surface area contributed by atoms with Crippen LogP contribution >= 0.6 is 0 Å². The molecule has 0 aliphatic carbocycles. The van der Waals surface area contributed by atoms with Crippen LogP contribution in [0.4, 0.5) is 0 Å². The van der Waals surface area contributed by atoms with E-state index in [0.29, 0.717) is 38.4 Å². The normalized spacial score (nSPS) is 12.8. The van der Waals surface area contributed by atoms with E-state index >= 15 is 0 Å². The Balaban J connectivity index is 0. The third kappa shape index (κ3) is 17.0. The SMILES string of the molecule is C=C(CC=C/C=C/C=NCC(C=N)OCC)C(C)c1nn(C/C=N\N(C)CCO)ccc1=O.CC.CC. The number of aliphatic hydroxyl groups is 1. The Morgan fingerprint density at radius 1 is 1.30 bits per heavy atom. The molecule has 0 aliphatic rings. The molecule has 0 fully saturated rings. The molecule has 0 aromatic carbocycles. The maximum absolute atomic E-state index is 12.3. The molecule has 208 valence electrons. The van der Waals surface area contributed by atoms with Crippen molar-refractivity contribution in [3.63, 3.8) is 0 Å². The van der Waals surface area contributed by atoms with Crippen LogP contribution in [0.15, 0.2) is 63.6 Å². The molecule has 2 unspecified atom stereocenters. The number of hydrogen-bond acceptors (Lipinski definition) is 8. The Hall–Kier alpha value is -3.17. The molecule has 9 heteroatoms. The maximum atomic E-state index is 12.3. The van der Waals surface area contributed by atoms with E-state index < -0.39 is 0 Å². The van der Waals surface area contributed by atoms with Crippen molar-refractivity contribution in [3.05, 3.63) is 64.6 Å². The fourth-order valence-electron chi connectivity index (χ4n) is 2.70. The van der Waals surface area contributed by atoms with Crippen molar-refractivity contribution in [2.75, 3.05) is 33.4 Å². The highest BCUT2D eigenvalue weighted by Gasteiger charge is 2.14. The fraction of sp³-hybridized carbons (Fsp3) is 0.536. The van der Waals surface area contributed by atoms with Gasteiger partial charge in [-0.15, -0.1) is 0 Å². The van der Waals surface area contributed by atoms with Crippen LogP contribution in [-0.2, 0) is 11.3 Å². The van der Waals surface area contributed by atoms with Crippen LogP contribution in [0.5, 0.6) is 0 Å². The molecule has 0 radical (unpaired) electrons. The van der Waals surface area contributed by atoms with Gasteiger partial charge in [0.05, 0.1) is 26.2 Å². The Labute approximate surface area is 223 Å². The van der Waals surface area contributed by atoms with E-state index in [9.17, 15) is 4.79 Å². The highest BCUT2D eigenvalue weighted by atomic mass is 16.5. The van der Waals surface area contributed by atoms with E-state index in [-0.39, 0.29) is 24.1 Å². The number of allylic oxidation sites excluding steroid dienone is 5. The molecular weight excluding hydrogens is 468 g/mol. The lowest BCUT2D eigenvalue weighted by atomic mass is 9.96. The summed E-state index contributed by atoms with van der Waals surface area (Å²) >= 11 is 0. The smallest absolute Gasteiger partial charge is 0.203 e. The molecule has 0 amide bonds. The molecule has 0 saturated heterocycles. The number of ether oxygens (including phenoxy) is 1. The number of hydrazone groups is 1. The molecule has 1 rings (SSSR count). The zero-order valence-corrected chi connectivity index (χ0v) is 23.8. The van der Waals surface area contributed by atoms with E-state index in [2.05, 4.69) is 21.8 Å². The van der Waals surface area contributed by atoms with Gasteiger partial charge in [-0.3, -0.25) is 19.5 Å². The zero-order valence-electron chi connectivity index (χ0n) is 23.8. The van der Waals surface area contributed by atoms with Gasteiger partial charge in [0, 0.05) is 50.5 Å². The fourth-order valence-corrected chi connectivity index (χ4v) is 2.70. The monoisotopic (exact) mass is 516 g/mol. The largest absolute Gasteiger partial charge is 0.394 e. The number of nitrogens with one attached hydrogen (secondary N) is 1. The number of nitrogens with zero attached hydrogens (tertiary/aromatic N) is 5. The molecule has 0 bridgehead atoms. The summed E-state index contributed by atoms with van der Waals surface area (Å²) in [5.74, 6) is -0.189. The topological polar surface area (TPSA) is 116 Å². The van der Waals surface area contributed by atoms with Crippen LogP contribution in [0, 0.1) is 5.41 Å². The summed E-state index contributed by atoms with van der Waals surface area (Å²) in [5.41, 5.74) is 1.22. The van der Waals surface area contributed by atoms with Gasteiger partial charge >= 0.3 is 0 Å². The van der Waals surface area contributed by atoms with Crippen molar-refractivity contribution in [2.45, 2.75) is 66.5 Å². The van der Waals surface area contributed by atoms with Gasteiger partial charge in [-0.1, -0.05) is 65.0 Å². The van der Waals surface area contributed by atoms with E-state index in [1.54, 1.807) is 35.4 Å². The second kappa shape index (κ2) is 24.5. The van der Waals surface area contributed by atoms with E-state index in [1.165, 1.54) is 12.3 Å². The second-order valence-electron chi connectivity index (χ2n) is 7.26. The van der Waals surface area contributed by atoms with Crippen molar-refractivity contribution in [1.82, 2.24) is 14.8 Å². The van der Waals surface area contributed by atoms with Gasteiger partial charge < -0.3 is 15.3 Å². The summed E-state index contributed by atoms with van der Waals surface area (Å²) < 4.78 is 6.98. The molecule has 0 spiro atoms. The van der Waals surface area contributed by atoms with Crippen LogP contribution < -0.4 is 5.43 Å². The Bertz CT molecular complexity index is 905. The van der Waals surface area contributed by atoms with Crippen molar-refractivity contribution < 1.29 is 9.84 Å². The van der Waals surface area contributed by atoms with Gasteiger partial charge in [-0.05, 0) is 19.4 Å². The molecule has 9 nitrogen and oxygen atoms in total. The predicted molar refractivity (Wildman–Crippen MR) is 157 cm³/mol. The number of likely N-dealkylation sites (N-methyl/N-ethyl adjacent to an activating group) is 1. The highest BCUT2D eigenvalue weighted by Crippen LogP contribution is 2.21. The standard InChI is InChI=1S/C24H36N6O3.2C2H6/c1-5-33-22(18-25)19-26-12-9-7-6-8-10-20(2)21(3)24-23(32)11-14-30(28-24)15-13-27-29(4)16-17-31;2*1-2/h6-9,11-14,18,21-22,25,31H,2,5,10,15-17,19H2,1,3-4H3;2*1-2H3/b8-6?,9-7+,25-18?,26-12?,27-13-;;. The average Bonchev–Trinajstić information content (AvgIpc) is 2.92. The molecular formula is C28H48N6O3. The number of aliphatic imine (C=N–C) groups is 1. The van der Waals surface area contributed by atoms with Gasteiger partial charge in [0.2, 0.25) is 5.43 Å². The quantitative estimate of drug-likeness (QED) is 0.145. The van der Waals surface area contributed by atoms with Crippen molar-refractivity contribution in [2.24, 2.45) is 10.1 Å². The summed E-state index contributed by atoms with van der Waals surface area (Å²) in [6.45, 7) is 17.8. The molecule has 1 aromatic heterocycles. The summed E-state index contributed by atoms with van der Waals surface area (Å²) in [5, 5.41) is 26.4. The Morgan fingerprint density at radius 2 is 2.00 bits per heavy atom. The minimum atomic E-state index is -0.281. The maximum Gasteiger partial charge on any atom is 0.203 e. The molecule has 1 heterocycles. The van der Waals surface area contributed by atoms with Crippen molar-refractivity contribution in [3.8, 4) is 0 Å². The first-order valence-corrected chi connectivity index (χ1v) is 13.0. The summed E-state index contributed by atoms with van der Waals surface area (Å²) in [6.07, 6.45) is 14.1. The first kappa shape index (κ1) is 36.0. The first-order chi connectivity index (χ1) is 17.9. The lowest BCUT2D eigenvalue weighted by molar-refractivity contribution is 0.118. The lowest BCUT2D eigenvalue weighted by Gasteiger charge is -2.14. The van der Waals surface area contributed by atoms with E-state index in [1.807, 2.05) is 65.8 Å². The summed E-state index contributed by atoms with van der Waals surface area (Å²) in [6, 6.07) is 1.50. The van der Waals surface area contributed by atoms with E-state index in [0.717, 1.165) is 5.57 Å². The van der Waals surface area contributed by atoms with E-state index in [4.69, 9.17) is 15.3 Å². The predicted octanol–water partition coefficient (Wildman–Crippen LogP) is 4.49. The number of aliphatic hydroxyl groups excluding tert-OH is 1. The lowest BCUT2D eigenvalue weighted by Crippen LogP contribution is -2.21. The first-order valence-electron chi connectivity index (χ1n) is 13.0. The van der Waals surface area contributed by atoms with Gasteiger partial charge in [0.1, 0.15) is 11.8 Å². The molecule has 1 aromatic rings. The van der Waals surface area contributed by atoms with Crippen molar-refractivity contribution in [1.29, 1.82) is 5.41 Å². The molecule has 0 saturated carbocycles. The van der Waals surface area contributed by atoms with Crippen LogP contribution in [0.25, 0.3) is 0 Å². The van der Waals surface area contributed by atoms with Crippen LogP contribution in [0.1, 0.15) is 59.6 Å². The van der Waals surface area contributed by atoms with Crippen LogP contribution in [0.2, 0.25) is 0 Å². The van der Waals surface area contributed by atoms with Gasteiger partial charge in [0.25, 0.3) is 0 Å². The van der Waals surface area contributed by atoms with Gasteiger partial charge in [-0.25, -0.2) is 0 Å². The molecule has 0 aliphatic heterocycles. The molecule has 37 heavy (non-hydrogen) atoms. The van der Waals surface area contributed by atoms with Gasteiger partial charge in [-0.2, -0.15) is 10.2 Å². The highest BCUT2D eigenvalue weighted by molar-refractivity contribution is 5.72. The zero-order chi connectivity index (χ0) is 28.5. The summed E-state index contributed by atoms with van der Waals surface area (Å²) in [7, 11) is 1.77. The Kier molecular flexibility index (Phi) is 23.9. The minimum absolute atomic E-state index is 0.0339. The number of rotatable bonds is 16. The average molecular weight is 517 g/mol.